The van der Waals surface area contributed by atoms with Gasteiger partial charge in [-0.15, -0.1) is 0 Å². The Kier molecular flexibility index (Phi) is 5.96. The third-order valence-electron chi connectivity index (χ3n) is 1.98. The monoisotopic (exact) mass is 219 g/mol. The van der Waals surface area contributed by atoms with Gasteiger partial charge in [-0.05, 0) is 18.6 Å². The molecule has 0 aliphatic carbocycles. The fourth-order valence-corrected chi connectivity index (χ4v) is 1.22. The Morgan fingerprint density at radius 2 is 2.12 bits per heavy atom. The summed E-state index contributed by atoms with van der Waals surface area (Å²) in [6.07, 6.45) is 3.21. The van der Waals surface area contributed by atoms with Gasteiger partial charge in [0.05, 0.1) is 13.2 Å². The van der Waals surface area contributed by atoms with Crippen molar-refractivity contribution in [3.05, 3.63) is 48.0 Å². The van der Waals surface area contributed by atoms with Crippen molar-refractivity contribution in [2.75, 3.05) is 13.2 Å². The lowest BCUT2D eigenvalue weighted by atomic mass is 10.2. The summed E-state index contributed by atoms with van der Waals surface area (Å²) < 4.78 is 5.41. The maximum absolute atomic E-state index is 11.0. The number of nitrogens with one attached hydrogen (secondary N) is 1. The summed E-state index contributed by atoms with van der Waals surface area (Å²) in [4.78, 5) is 11.0. The Labute approximate surface area is 96.1 Å². The van der Waals surface area contributed by atoms with Crippen LogP contribution in [0.25, 0.3) is 0 Å². The summed E-state index contributed by atoms with van der Waals surface area (Å²) in [5, 5.41) is 2.72. The van der Waals surface area contributed by atoms with Crippen molar-refractivity contribution >= 4 is 5.91 Å². The number of rotatable bonds is 6. The zero-order chi connectivity index (χ0) is 11.6. The van der Waals surface area contributed by atoms with Gasteiger partial charge < -0.3 is 10.1 Å². The molecule has 0 fully saturated rings. The van der Waals surface area contributed by atoms with Gasteiger partial charge in [0.25, 0.3) is 0 Å². The van der Waals surface area contributed by atoms with E-state index in [4.69, 9.17) is 4.74 Å². The Hall–Kier alpha value is -1.61. The molecule has 86 valence electrons. The second-order valence-corrected chi connectivity index (χ2v) is 3.33. The molecule has 0 saturated heterocycles. The van der Waals surface area contributed by atoms with E-state index >= 15 is 0 Å². The van der Waals surface area contributed by atoms with Crippen LogP contribution in [0.5, 0.6) is 0 Å². The van der Waals surface area contributed by atoms with Crippen molar-refractivity contribution in [1.29, 1.82) is 0 Å². The Morgan fingerprint density at radius 1 is 1.38 bits per heavy atom. The number of hydrogen-bond donors (Lipinski definition) is 1. The lowest BCUT2D eigenvalue weighted by Crippen LogP contribution is -2.25. The fourth-order valence-electron chi connectivity index (χ4n) is 1.22. The molecule has 1 amide bonds. The Balaban J connectivity index is 2.07. The maximum Gasteiger partial charge on any atom is 0.243 e. The highest BCUT2D eigenvalue weighted by atomic mass is 16.5. The first-order chi connectivity index (χ1) is 7.83. The van der Waals surface area contributed by atoms with Crippen LogP contribution in [0.4, 0.5) is 0 Å². The lowest BCUT2D eigenvalue weighted by molar-refractivity contribution is -0.116. The number of ether oxygens (including phenoxy) is 1. The number of amides is 1. The fraction of sp³-hybridized carbons (Fsp3) is 0.308. The zero-order valence-corrected chi connectivity index (χ0v) is 9.48. The summed E-state index contributed by atoms with van der Waals surface area (Å²) in [5.74, 6) is -0.0780. The summed E-state index contributed by atoms with van der Waals surface area (Å²) in [6.45, 7) is 3.46. The first-order valence-corrected chi connectivity index (χ1v) is 5.35. The van der Waals surface area contributed by atoms with Crippen molar-refractivity contribution in [2.24, 2.45) is 0 Å². The highest BCUT2D eigenvalue weighted by Crippen LogP contribution is 1.99. The molecule has 0 aliphatic heterocycles. The van der Waals surface area contributed by atoms with Crippen LogP contribution in [0, 0.1) is 0 Å². The van der Waals surface area contributed by atoms with Crippen molar-refractivity contribution in [1.82, 2.24) is 5.32 Å². The van der Waals surface area contributed by atoms with Crippen LogP contribution >= 0.6 is 0 Å². The first-order valence-electron chi connectivity index (χ1n) is 5.35. The molecule has 1 aromatic carbocycles. The molecular weight excluding hydrogens is 202 g/mol. The standard InChI is InChI=1S/C13H17NO2/c1-2-6-13(15)14-9-10-16-11-12-7-4-3-5-8-12/h2-8H,9-11H2,1H3,(H,14,15)/b6-2+. The third-order valence-corrected chi connectivity index (χ3v) is 1.98. The van der Waals surface area contributed by atoms with Crippen molar-refractivity contribution < 1.29 is 9.53 Å². The second-order valence-electron chi connectivity index (χ2n) is 3.33. The molecule has 1 aromatic rings. The van der Waals surface area contributed by atoms with Gasteiger partial charge in [0, 0.05) is 6.54 Å². The van der Waals surface area contributed by atoms with Gasteiger partial charge in [-0.2, -0.15) is 0 Å². The van der Waals surface area contributed by atoms with Crippen LogP contribution in [-0.2, 0) is 16.1 Å². The van der Waals surface area contributed by atoms with Gasteiger partial charge in [-0.3, -0.25) is 4.79 Å². The molecule has 1 rings (SSSR count). The topological polar surface area (TPSA) is 38.3 Å². The summed E-state index contributed by atoms with van der Waals surface area (Å²) in [5.41, 5.74) is 1.14. The number of carbonyl (C=O) groups excluding carboxylic acids is 1. The van der Waals surface area contributed by atoms with Crippen molar-refractivity contribution in [2.45, 2.75) is 13.5 Å². The Morgan fingerprint density at radius 3 is 2.81 bits per heavy atom. The summed E-state index contributed by atoms with van der Waals surface area (Å²) in [6, 6.07) is 9.95. The first kappa shape index (κ1) is 12.5. The average Bonchev–Trinajstić information content (AvgIpc) is 2.30. The van der Waals surface area contributed by atoms with Gasteiger partial charge in [0.2, 0.25) is 5.91 Å². The third kappa shape index (κ3) is 5.32. The molecule has 0 unspecified atom stereocenters. The molecule has 16 heavy (non-hydrogen) atoms. The molecule has 0 bridgehead atoms. The molecule has 3 nitrogen and oxygen atoms in total. The van der Waals surface area contributed by atoms with Crippen LogP contribution < -0.4 is 5.32 Å². The van der Waals surface area contributed by atoms with Crippen LogP contribution in [0.3, 0.4) is 0 Å². The van der Waals surface area contributed by atoms with Gasteiger partial charge in [0.15, 0.2) is 0 Å². The predicted molar refractivity (Wildman–Crippen MR) is 63.9 cm³/mol. The summed E-state index contributed by atoms with van der Waals surface area (Å²) >= 11 is 0. The number of carbonyl (C=O) groups is 1. The van der Waals surface area contributed by atoms with E-state index in [9.17, 15) is 4.79 Å². The molecule has 0 heterocycles. The SMILES string of the molecule is C/C=C/C(=O)NCCOCc1ccccc1. The highest BCUT2D eigenvalue weighted by molar-refractivity contribution is 5.87. The minimum Gasteiger partial charge on any atom is -0.375 e. The van der Waals surface area contributed by atoms with Gasteiger partial charge >= 0.3 is 0 Å². The molecule has 0 aliphatic rings. The minimum atomic E-state index is -0.0780. The van der Waals surface area contributed by atoms with E-state index in [1.54, 1.807) is 6.08 Å². The van der Waals surface area contributed by atoms with E-state index in [0.717, 1.165) is 5.56 Å². The van der Waals surface area contributed by atoms with Gasteiger partial charge in [0.1, 0.15) is 0 Å². The number of hydrogen-bond acceptors (Lipinski definition) is 2. The van der Waals surface area contributed by atoms with E-state index in [1.165, 1.54) is 6.08 Å². The molecule has 0 spiro atoms. The van der Waals surface area contributed by atoms with Crippen molar-refractivity contribution in [3.8, 4) is 0 Å². The lowest BCUT2D eigenvalue weighted by Gasteiger charge is -2.04. The molecule has 0 radical (unpaired) electrons. The van der Waals surface area contributed by atoms with E-state index in [2.05, 4.69) is 5.32 Å². The zero-order valence-electron chi connectivity index (χ0n) is 9.48. The van der Waals surface area contributed by atoms with E-state index in [1.807, 2.05) is 37.3 Å². The molecule has 0 atom stereocenters. The summed E-state index contributed by atoms with van der Waals surface area (Å²) in [7, 11) is 0. The quantitative estimate of drug-likeness (QED) is 0.586. The van der Waals surface area contributed by atoms with Crippen LogP contribution in [0.1, 0.15) is 12.5 Å². The largest absolute Gasteiger partial charge is 0.375 e. The van der Waals surface area contributed by atoms with Crippen LogP contribution in [0.2, 0.25) is 0 Å². The van der Waals surface area contributed by atoms with Gasteiger partial charge in [-0.25, -0.2) is 0 Å². The predicted octanol–water partition coefficient (Wildman–Crippen LogP) is 1.90. The molecule has 0 aromatic heterocycles. The second kappa shape index (κ2) is 7.65. The van der Waals surface area contributed by atoms with Gasteiger partial charge in [-0.1, -0.05) is 36.4 Å². The smallest absolute Gasteiger partial charge is 0.243 e. The number of allylic oxidation sites excluding steroid dienone is 1. The highest BCUT2D eigenvalue weighted by Gasteiger charge is 1.94. The van der Waals surface area contributed by atoms with E-state index in [0.29, 0.717) is 19.8 Å². The molecule has 1 N–H and O–H groups in total. The molecule has 0 saturated carbocycles. The van der Waals surface area contributed by atoms with Crippen LogP contribution in [-0.4, -0.2) is 19.1 Å². The van der Waals surface area contributed by atoms with Crippen molar-refractivity contribution in [3.63, 3.8) is 0 Å². The molecular formula is C13H17NO2. The Bertz CT molecular complexity index is 333. The minimum absolute atomic E-state index is 0.0780. The number of benzene rings is 1. The van der Waals surface area contributed by atoms with E-state index < -0.39 is 0 Å². The van der Waals surface area contributed by atoms with E-state index in [-0.39, 0.29) is 5.91 Å². The maximum atomic E-state index is 11.0. The normalized spacial score (nSPS) is 10.6. The average molecular weight is 219 g/mol. The van der Waals surface area contributed by atoms with Crippen LogP contribution in [0.15, 0.2) is 42.5 Å². The molecule has 3 heteroatoms.